The van der Waals surface area contributed by atoms with Crippen LogP contribution in [0.3, 0.4) is 0 Å². The van der Waals surface area contributed by atoms with Crippen LogP contribution in [0, 0.1) is 17.7 Å². The second-order valence-corrected chi connectivity index (χ2v) is 3.07. The van der Waals surface area contributed by atoms with E-state index >= 15 is 0 Å². The number of halogens is 1. The Balaban J connectivity index is 2.83. The van der Waals surface area contributed by atoms with E-state index in [0.29, 0.717) is 5.56 Å². The molecule has 0 heterocycles. The summed E-state index contributed by atoms with van der Waals surface area (Å²) >= 11 is 0. The minimum atomic E-state index is -1.09. The van der Waals surface area contributed by atoms with Crippen LogP contribution in [0.2, 0.25) is 0 Å². The normalized spacial score (nSPS) is 8.76. The first-order valence-corrected chi connectivity index (χ1v) is 4.63. The van der Waals surface area contributed by atoms with Crippen LogP contribution in [0.5, 0.6) is 0 Å². The topological polar surface area (TPSA) is 86.1 Å². The van der Waals surface area contributed by atoms with Crippen LogP contribution in [0.15, 0.2) is 23.3 Å². The third-order valence-corrected chi connectivity index (χ3v) is 1.84. The number of rotatable bonds is 3. The van der Waals surface area contributed by atoms with Gasteiger partial charge in [0.25, 0.3) is 0 Å². The SMILES string of the molecule is [N-]=[N+]=NCC#Cc1ccc(CC(=O)O)c(F)c1. The summed E-state index contributed by atoms with van der Waals surface area (Å²) in [7, 11) is 0. The molecule has 6 heteroatoms. The van der Waals surface area contributed by atoms with Crippen molar-refractivity contribution in [2.45, 2.75) is 6.42 Å². The van der Waals surface area contributed by atoms with Crippen molar-refractivity contribution >= 4 is 5.97 Å². The first-order chi connectivity index (χ1) is 8.13. The zero-order chi connectivity index (χ0) is 12.7. The van der Waals surface area contributed by atoms with E-state index in [1.54, 1.807) is 0 Å². The molecule has 0 amide bonds. The van der Waals surface area contributed by atoms with Crippen LogP contribution in [0.25, 0.3) is 10.4 Å². The number of hydrogen-bond donors (Lipinski definition) is 1. The van der Waals surface area contributed by atoms with Crippen LogP contribution in [-0.4, -0.2) is 17.6 Å². The monoisotopic (exact) mass is 233 g/mol. The van der Waals surface area contributed by atoms with Crippen LogP contribution in [-0.2, 0) is 11.2 Å². The van der Waals surface area contributed by atoms with E-state index in [0.717, 1.165) is 6.07 Å². The molecule has 0 aromatic heterocycles. The number of aliphatic carboxylic acids is 1. The number of carboxylic acids is 1. The maximum absolute atomic E-state index is 13.4. The molecule has 1 rings (SSSR count). The minimum absolute atomic E-state index is 0.00893. The van der Waals surface area contributed by atoms with Gasteiger partial charge in [0, 0.05) is 10.5 Å². The predicted octanol–water partition coefficient (Wildman–Crippen LogP) is 2.11. The predicted molar refractivity (Wildman–Crippen MR) is 58.6 cm³/mol. The van der Waals surface area contributed by atoms with Gasteiger partial charge in [-0.25, -0.2) is 4.39 Å². The first-order valence-electron chi connectivity index (χ1n) is 4.63. The molecule has 17 heavy (non-hydrogen) atoms. The van der Waals surface area contributed by atoms with Gasteiger partial charge in [-0.2, -0.15) is 0 Å². The molecule has 0 saturated heterocycles. The summed E-state index contributed by atoms with van der Waals surface area (Å²) in [6.45, 7) is 0.00893. The molecular weight excluding hydrogens is 225 g/mol. The van der Waals surface area contributed by atoms with Gasteiger partial charge in [-0.05, 0) is 23.2 Å². The van der Waals surface area contributed by atoms with Crippen molar-refractivity contribution in [2.75, 3.05) is 6.54 Å². The lowest BCUT2D eigenvalue weighted by atomic mass is 10.1. The number of azide groups is 1. The molecule has 0 bridgehead atoms. The summed E-state index contributed by atoms with van der Waals surface area (Å²) in [4.78, 5) is 12.9. The number of benzene rings is 1. The number of carboxylic acid groups (broad SMARTS) is 1. The molecule has 1 N–H and O–H groups in total. The zero-order valence-electron chi connectivity index (χ0n) is 8.72. The smallest absolute Gasteiger partial charge is 0.307 e. The quantitative estimate of drug-likeness (QED) is 0.375. The van der Waals surface area contributed by atoms with Gasteiger partial charge < -0.3 is 5.11 Å². The molecular formula is C11H8FN3O2. The third kappa shape index (κ3) is 4.24. The van der Waals surface area contributed by atoms with Crippen molar-refractivity contribution in [2.24, 2.45) is 5.11 Å². The molecule has 5 nitrogen and oxygen atoms in total. The fourth-order valence-corrected chi connectivity index (χ4v) is 1.14. The minimum Gasteiger partial charge on any atom is -0.481 e. The van der Waals surface area contributed by atoms with Gasteiger partial charge in [0.15, 0.2) is 0 Å². The van der Waals surface area contributed by atoms with Gasteiger partial charge in [0.05, 0.1) is 13.0 Å². The Morgan fingerprint density at radius 1 is 1.59 bits per heavy atom. The maximum Gasteiger partial charge on any atom is 0.307 e. The molecule has 0 atom stereocenters. The van der Waals surface area contributed by atoms with Crippen LogP contribution in [0.4, 0.5) is 4.39 Å². The van der Waals surface area contributed by atoms with E-state index in [4.69, 9.17) is 10.6 Å². The third-order valence-electron chi connectivity index (χ3n) is 1.84. The highest BCUT2D eigenvalue weighted by atomic mass is 19.1. The molecule has 0 aliphatic heterocycles. The summed E-state index contributed by atoms with van der Waals surface area (Å²) in [6, 6.07) is 4.05. The van der Waals surface area contributed by atoms with Crippen molar-refractivity contribution in [3.8, 4) is 11.8 Å². The van der Waals surface area contributed by atoms with Gasteiger partial charge in [-0.3, -0.25) is 4.79 Å². The van der Waals surface area contributed by atoms with E-state index in [1.807, 2.05) is 0 Å². The van der Waals surface area contributed by atoms with Gasteiger partial charge in [0.1, 0.15) is 5.82 Å². The highest BCUT2D eigenvalue weighted by Gasteiger charge is 2.06. The summed E-state index contributed by atoms with van der Waals surface area (Å²) in [5, 5.41) is 11.7. The molecule has 0 unspecified atom stereocenters. The summed E-state index contributed by atoms with van der Waals surface area (Å²) in [6.07, 6.45) is -0.363. The van der Waals surface area contributed by atoms with Crippen LogP contribution >= 0.6 is 0 Å². The van der Waals surface area contributed by atoms with E-state index in [1.165, 1.54) is 12.1 Å². The Bertz CT molecular complexity index is 539. The van der Waals surface area contributed by atoms with Crippen LogP contribution in [0.1, 0.15) is 11.1 Å². The molecule has 0 fully saturated rings. The van der Waals surface area contributed by atoms with Crippen molar-refractivity contribution in [1.82, 2.24) is 0 Å². The van der Waals surface area contributed by atoms with Crippen molar-refractivity contribution in [1.29, 1.82) is 0 Å². The lowest BCUT2D eigenvalue weighted by Gasteiger charge is -1.99. The first kappa shape index (κ1) is 12.6. The molecule has 0 radical (unpaired) electrons. The van der Waals surface area contributed by atoms with E-state index in [2.05, 4.69) is 21.9 Å². The van der Waals surface area contributed by atoms with Gasteiger partial charge >= 0.3 is 5.97 Å². The summed E-state index contributed by atoms with van der Waals surface area (Å²) in [5.41, 5.74) is 8.52. The summed E-state index contributed by atoms with van der Waals surface area (Å²) < 4.78 is 13.4. The zero-order valence-corrected chi connectivity index (χ0v) is 8.72. The van der Waals surface area contributed by atoms with Gasteiger partial charge in [-0.1, -0.05) is 23.0 Å². The molecule has 0 spiro atoms. The average Bonchev–Trinajstić information content (AvgIpc) is 2.27. The second kappa shape index (κ2) is 6.16. The lowest BCUT2D eigenvalue weighted by molar-refractivity contribution is -0.136. The van der Waals surface area contributed by atoms with Crippen molar-refractivity contribution in [3.63, 3.8) is 0 Å². The molecule has 0 aliphatic rings. The van der Waals surface area contributed by atoms with Gasteiger partial charge in [-0.15, -0.1) is 0 Å². The Hall–Kier alpha value is -2.51. The number of carbonyl (C=O) groups is 1. The Labute approximate surface area is 96.5 Å². The molecule has 1 aromatic rings. The highest BCUT2D eigenvalue weighted by molar-refractivity contribution is 5.70. The van der Waals surface area contributed by atoms with E-state index < -0.39 is 11.8 Å². The fourth-order valence-electron chi connectivity index (χ4n) is 1.14. The molecule has 1 aromatic carbocycles. The number of hydrogen-bond acceptors (Lipinski definition) is 2. The van der Waals surface area contributed by atoms with E-state index in [9.17, 15) is 9.18 Å². The molecule has 0 saturated carbocycles. The lowest BCUT2D eigenvalue weighted by Crippen LogP contribution is -2.02. The van der Waals surface area contributed by atoms with E-state index in [-0.39, 0.29) is 18.5 Å². The fraction of sp³-hybridized carbons (Fsp3) is 0.182. The molecule has 0 aliphatic carbocycles. The van der Waals surface area contributed by atoms with Gasteiger partial charge in [0.2, 0.25) is 0 Å². The Kier molecular flexibility index (Phi) is 4.55. The standard InChI is InChI=1S/C11H8FN3O2/c12-10-6-8(2-1-5-14-15-13)3-4-9(10)7-11(16)17/h3-4,6H,5,7H2,(H,16,17). The highest BCUT2D eigenvalue weighted by Crippen LogP contribution is 2.10. The average molecular weight is 233 g/mol. The Morgan fingerprint density at radius 2 is 2.35 bits per heavy atom. The molecule has 86 valence electrons. The number of nitrogens with zero attached hydrogens (tertiary/aromatic N) is 3. The largest absolute Gasteiger partial charge is 0.481 e. The Morgan fingerprint density at radius 3 is 2.94 bits per heavy atom. The second-order valence-electron chi connectivity index (χ2n) is 3.07. The van der Waals surface area contributed by atoms with Crippen LogP contribution < -0.4 is 0 Å². The maximum atomic E-state index is 13.4. The van der Waals surface area contributed by atoms with Crippen molar-refractivity contribution < 1.29 is 14.3 Å². The van der Waals surface area contributed by atoms with Crippen molar-refractivity contribution in [3.05, 3.63) is 45.6 Å². The summed E-state index contributed by atoms with van der Waals surface area (Å²) in [5.74, 6) is 3.44.